The van der Waals surface area contributed by atoms with E-state index in [2.05, 4.69) is 15.8 Å². The Bertz CT molecular complexity index is 777. The molecule has 5 nitrogen and oxygen atoms in total. The Kier molecular flexibility index (Phi) is 4.59. The molecule has 0 bridgehead atoms. The van der Waals surface area contributed by atoms with Gasteiger partial charge in [-0.2, -0.15) is 0 Å². The lowest BCUT2D eigenvalue weighted by Crippen LogP contribution is -1.91. The Morgan fingerprint density at radius 3 is 2.68 bits per heavy atom. The van der Waals surface area contributed by atoms with Crippen LogP contribution in [0.25, 0.3) is 11.3 Å². The van der Waals surface area contributed by atoms with Gasteiger partial charge in [0.25, 0.3) is 0 Å². The summed E-state index contributed by atoms with van der Waals surface area (Å²) in [5.41, 5.74) is 5.37. The van der Waals surface area contributed by atoms with E-state index in [0.29, 0.717) is 17.7 Å². The predicted octanol–water partition coefficient (Wildman–Crippen LogP) is 4.92. The highest BCUT2D eigenvalue weighted by molar-refractivity contribution is 7.93. The number of hydrogen-bond acceptors (Lipinski definition) is 7. The SMILES string of the molecule is ONc1cccc(-c2csc(Nc3cccc(SO)c3)n2)c1. The summed E-state index contributed by atoms with van der Waals surface area (Å²) in [6.07, 6.45) is 0. The zero-order chi connectivity index (χ0) is 15.4. The van der Waals surface area contributed by atoms with E-state index in [1.807, 2.05) is 47.8 Å². The largest absolute Gasteiger partial charge is 0.331 e. The first-order chi connectivity index (χ1) is 10.8. The maximum atomic E-state index is 9.08. The van der Waals surface area contributed by atoms with Crippen LogP contribution in [0.2, 0.25) is 0 Å². The molecule has 0 aliphatic carbocycles. The molecule has 1 aromatic heterocycles. The van der Waals surface area contributed by atoms with E-state index in [-0.39, 0.29) is 0 Å². The van der Waals surface area contributed by atoms with Crippen LogP contribution in [0, 0.1) is 0 Å². The Morgan fingerprint density at radius 2 is 1.86 bits per heavy atom. The molecule has 0 saturated carbocycles. The molecule has 0 aliphatic rings. The maximum absolute atomic E-state index is 9.08. The van der Waals surface area contributed by atoms with Gasteiger partial charge in [-0.15, -0.1) is 11.3 Å². The van der Waals surface area contributed by atoms with Gasteiger partial charge in [0.05, 0.1) is 11.4 Å². The van der Waals surface area contributed by atoms with Crippen molar-refractivity contribution in [3.05, 3.63) is 53.9 Å². The molecule has 0 spiro atoms. The molecule has 4 N–H and O–H groups in total. The molecule has 0 fully saturated rings. The van der Waals surface area contributed by atoms with Crippen LogP contribution in [0.5, 0.6) is 0 Å². The molecule has 22 heavy (non-hydrogen) atoms. The highest BCUT2D eigenvalue weighted by atomic mass is 32.2. The molecule has 0 atom stereocenters. The smallest absolute Gasteiger partial charge is 0.187 e. The van der Waals surface area contributed by atoms with Crippen molar-refractivity contribution in [2.45, 2.75) is 4.90 Å². The van der Waals surface area contributed by atoms with Crippen molar-refractivity contribution >= 4 is 39.9 Å². The minimum absolute atomic E-state index is 0.618. The Labute approximate surface area is 135 Å². The molecule has 2 aromatic carbocycles. The van der Waals surface area contributed by atoms with Crippen molar-refractivity contribution < 1.29 is 9.76 Å². The molecular weight excluding hydrogens is 318 g/mol. The van der Waals surface area contributed by atoms with Crippen LogP contribution < -0.4 is 10.8 Å². The van der Waals surface area contributed by atoms with Crippen molar-refractivity contribution in [1.82, 2.24) is 4.98 Å². The molecule has 1 heterocycles. The van der Waals surface area contributed by atoms with E-state index in [0.717, 1.165) is 27.0 Å². The highest BCUT2D eigenvalue weighted by Gasteiger charge is 2.06. The number of anilines is 3. The van der Waals surface area contributed by atoms with Gasteiger partial charge in [0.2, 0.25) is 0 Å². The van der Waals surface area contributed by atoms with Gasteiger partial charge >= 0.3 is 0 Å². The summed E-state index contributed by atoms with van der Waals surface area (Å²) in [5.74, 6) is 0. The molecule has 0 saturated heterocycles. The van der Waals surface area contributed by atoms with Crippen LogP contribution in [-0.2, 0) is 0 Å². The van der Waals surface area contributed by atoms with Gasteiger partial charge in [-0.25, -0.2) is 4.98 Å². The summed E-state index contributed by atoms with van der Waals surface area (Å²) < 4.78 is 9.08. The van der Waals surface area contributed by atoms with E-state index in [4.69, 9.17) is 9.76 Å². The van der Waals surface area contributed by atoms with Crippen LogP contribution in [-0.4, -0.2) is 14.7 Å². The number of thiazole rings is 1. The average Bonchev–Trinajstić information content (AvgIpc) is 3.03. The number of nitrogens with zero attached hydrogens (tertiary/aromatic N) is 1. The number of rotatable bonds is 5. The molecule has 0 radical (unpaired) electrons. The summed E-state index contributed by atoms with van der Waals surface area (Å²) in [5, 5.41) is 14.9. The van der Waals surface area contributed by atoms with Crippen LogP contribution in [0.3, 0.4) is 0 Å². The topological polar surface area (TPSA) is 77.4 Å². The van der Waals surface area contributed by atoms with Gasteiger partial charge in [-0.05, 0) is 30.3 Å². The van der Waals surface area contributed by atoms with Crippen LogP contribution in [0.1, 0.15) is 0 Å². The van der Waals surface area contributed by atoms with E-state index >= 15 is 0 Å². The second-order valence-corrected chi connectivity index (χ2v) is 5.99. The van der Waals surface area contributed by atoms with Crippen molar-refractivity contribution in [3.8, 4) is 11.3 Å². The van der Waals surface area contributed by atoms with Gasteiger partial charge in [0, 0.05) is 33.6 Å². The molecule has 0 aliphatic heterocycles. The maximum Gasteiger partial charge on any atom is 0.187 e. The van der Waals surface area contributed by atoms with Crippen molar-refractivity contribution in [2.24, 2.45) is 0 Å². The molecule has 7 heteroatoms. The number of aromatic nitrogens is 1. The molecule has 3 aromatic rings. The summed E-state index contributed by atoms with van der Waals surface area (Å²) in [4.78, 5) is 5.30. The monoisotopic (exact) mass is 331 g/mol. The predicted molar refractivity (Wildman–Crippen MR) is 91.2 cm³/mol. The third kappa shape index (κ3) is 3.40. The van der Waals surface area contributed by atoms with E-state index in [1.54, 1.807) is 6.07 Å². The molecular formula is C15H13N3O2S2. The Morgan fingerprint density at radius 1 is 1.05 bits per heavy atom. The molecule has 112 valence electrons. The fourth-order valence-electron chi connectivity index (χ4n) is 1.97. The van der Waals surface area contributed by atoms with E-state index < -0.39 is 0 Å². The summed E-state index contributed by atoms with van der Waals surface area (Å²) in [7, 11) is 0. The summed E-state index contributed by atoms with van der Waals surface area (Å²) >= 11 is 2.20. The second kappa shape index (κ2) is 6.80. The normalized spacial score (nSPS) is 10.5. The van der Waals surface area contributed by atoms with Crippen molar-refractivity contribution in [3.63, 3.8) is 0 Å². The van der Waals surface area contributed by atoms with Crippen LogP contribution in [0.15, 0.2) is 58.8 Å². The first kappa shape index (κ1) is 14.9. The quantitative estimate of drug-likeness (QED) is 0.393. The zero-order valence-electron chi connectivity index (χ0n) is 11.4. The van der Waals surface area contributed by atoms with Crippen molar-refractivity contribution in [1.29, 1.82) is 0 Å². The summed E-state index contributed by atoms with van der Waals surface area (Å²) in [6.45, 7) is 0. The minimum Gasteiger partial charge on any atom is -0.331 e. The summed E-state index contributed by atoms with van der Waals surface area (Å²) in [6, 6.07) is 14.8. The highest BCUT2D eigenvalue weighted by Crippen LogP contribution is 2.29. The van der Waals surface area contributed by atoms with Gasteiger partial charge < -0.3 is 9.87 Å². The van der Waals surface area contributed by atoms with Crippen molar-refractivity contribution in [2.75, 3.05) is 10.8 Å². The number of nitrogens with one attached hydrogen (secondary N) is 2. The Hall–Kier alpha value is -2.06. The third-order valence-electron chi connectivity index (χ3n) is 2.98. The minimum atomic E-state index is 0.618. The number of benzene rings is 2. The second-order valence-electron chi connectivity index (χ2n) is 4.47. The van der Waals surface area contributed by atoms with Gasteiger partial charge in [0.1, 0.15) is 0 Å². The Balaban J connectivity index is 1.81. The standard InChI is InChI=1S/C15H13N3O2S2/c19-18-12-5-1-3-10(7-12)14-9-21-15(17-14)16-11-4-2-6-13(8-11)22-20/h1-9,18-20H,(H,16,17). The average molecular weight is 331 g/mol. The fourth-order valence-corrected chi connectivity index (χ4v) is 3.02. The first-order valence-corrected chi connectivity index (χ1v) is 8.08. The lowest BCUT2D eigenvalue weighted by atomic mass is 10.1. The molecule has 0 amide bonds. The molecule has 3 rings (SSSR count). The van der Waals surface area contributed by atoms with Crippen LogP contribution in [0.4, 0.5) is 16.5 Å². The molecule has 0 unspecified atom stereocenters. The fraction of sp³-hybridized carbons (Fsp3) is 0. The first-order valence-electron chi connectivity index (χ1n) is 6.43. The zero-order valence-corrected chi connectivity index (χ0v) is 13.0. The van der Waals surface area contributed by atoms with Crippen LogP contribution >= 0.6 is 23.4 Å². The third-order valence-corrected chi connectivity index (χ3v) is 4.20. The van der Waals surface area contributed by atoms with E-state index in [9.17, 15) is 0 Å². The van der Waals surface area contributed by atoms with Gasteiger partial charge in [-0.1, -0.05) is 18.2 Å². The lowest BCUT2D eigenvalue weighted by molar-refractivity contribution is 0.389. The van der Waals surface area contributed by atoms with Gasteiger partial charge in [-0.3, -0.25) is 10.7 Å². The number of hydrogen-bond donors (Lipinski definition) is 4. The van der Waals surface area contributed by atoms with E-state index in [1.165, 1.54) is 11.3 Å². The van der Waals surface area contributed by atoms with Gasteiger partial charge in [0.15, 0.2) is 5.13 Å². The lowest BCUT2D eigenvalue weighted by Gasteiger charge is -2.04.